The van der Waals surface area contributed by atoms with Crippen molar-refractivity contribution >= 4 is 40.9 Å². The van der Waals surface area contributed by atoms with Crippen LogP contribution in [0.25, 0.3) is 10.8 Å². The Morgan fingerprint density at radius 3 is 2.58 bits per heavy atom. The second-order valence-electron chi connectivity index (χ2n) is 7.04. The van der Waals surface area contributed by atoms with Gasteiger partial charge in [0.2, 0.25) is 11.8 Å². The molecule has 0 bridgehead atoms. The van der Waals surface area contributed by atoms with E-state index in [9.17, 15) is 23.6 Å². The van der Waals surface area contributed by atoms with E-state index >= 15 is 0 Å². The van der Waals surface area contributed by atoms with Crippen LogP contribution in [0.2, 0.25) is 0 Å². The third kappa shape index (κ3) is 4.34. The van der Waals surface area contributed by atoms with E-state index < -0.39 is 23.7 Å². The van der Waals surface area contributed by atoms with E-state index in [2.05, 4.69) is 10.6 Å². The number of rotatable bonds is 4. The summed E-state index contributed by atoms with van der Waals surface area (Å²) in [6.45, 7) is 0.104. The maximum atomic E-state index is 13.8. The predicted octanol–water partition coefficient (Wildman–Crippen LogP) is 2.47. The van der Waals surface area contributed by atoms with E-state index in [1.54, 1.807) is 30.3 Å². The molecule has 7 nitrogen and oxygen atoms in total. The van der Waals surface area contributed by atoms with E-state index in [4.69, 9.17) is 0 Å². The first-order valence-corrected chi connectivity index (χ1v) is 9.45. The van der Waals surface area contributed by atoms with E-state index in [-0.39, 0.29) is 48.8 Å². The number of nitrogens with zero attached hydrogens (tertiary/aromatic N) is 1. The minimum absolute atomic E-state index is 0. The molecule has 3 amide bonds. The van der Waals surface area contributed by atoms with Crippen LogP contribution in [-0.2, 0) is 16.1 Å². The number of amides is 3. The van der Waals surface area contributed by atoms with Gasteiger partial charge in [-0.1, -0.05) is 24.3 Å². The molecule has 1 fully saturated rings. The fourth-order valence-corrected chi connectivity index (χ4v) is 3.62. The molecule has 0 radical (unpaired) electrons. The molecule has 0 spiro atoms. The maximum absolute atomic E-state index is 13.8. The molecule has 1 aliphatic rings. The van der Waals surface area contributed by atoms with Gasteiger partial charge in [0.1, 0.15) is 11.9 Å². The number of carbonyl (C=O) groups excluding carboxylic acids is 3. The van der Waals surface area contributed by atoms with Crippen molar-refractivity contribution in [3.05, 3.63) is 82.0 Å². The van der Waals surface area contributed by atoms with Gasteiger partial charge >= 0.3 is 0 Å². The molecule has 2 aromatic carbocycles. The van der Waals surface area contributed by atoms with Crippen LogP contribution in [0.15, 0.2) is 59.5 Å². The zero-order chi connectivity index (χ0) is 21.3. The molecule has 1 unspecified atom stereocenters. The first-order chi connectivity index (χ1) is 14.5. The average molecular weight is 444 g/mol. The number of carbonyl (C=O) groups is 3. The normalized spacial score (nSPS) is 15.8. The Balaban J connectivity index is 0.00000272. The lowest BCUT2D eigenvalue weighted by Gasteiger charge is -2.23. The van der Waals surface area contributed by atoms with Crippen LogP contribution in [0, 0.1) is 5.82 Å². The van der Waals surface area contributed by atoms with Gasteiger partial charge in [-0.3, -0.25) is 24.5 Å². The summed E-state index contributed by atoms with van der Waals surface area (Å²) in [7, 11) is 0. The predicted molar refractivity (Wildman–Crippen MR) is 114 cm³/mol. The average Bonchev–Trinajstić information content (AvgIpc) is 2.73. The quantitative estimate of drug-likeness (QED) is 0.605. The van der Waals surface area contributed by atoms with Crippen molar-refractivity contribution in [2.24, 2.45) is 0 Å². The third-order valence-corrected chi connectivity index (χ3v) is 5.17. The van der Waals surface area contributed by atoms with Gasteiger partial charge in [0.25, 0.3) is 11.5 Å². The summed E-state index contributed by atoms with van der Waals surface area (Å²) >= 11 is 0. The van der Waals surface area contributed by atoms with Crippen LogP contribution in [0.5, 0.6) is 0 Å². The zero-order valence-electron chi connectivity index (χ0n) is 16.3. The highest BCUT2D eigenvalue weighted by Gasteiger charge is 2.28. The van der Waals surface area contributed by atoms with Crippen molar-refractivity contribution in [3.8, 4) is 0 Å². The first kappa shape index (κ1) is 22.2. The largest absolute Gasteiger partial charge is 0.348 e. The van der Waals surface area contributed by atoms with Gasteiger partial charge in [0.15, 0.2) is 0 Å². The third-order valence-electron chi connectivity index (χ3n) is 5.17. The molecule has 3 aromatic rings. The first-order valence-electron chi connectivity index (χ1n) is 9.45. The summed E-state index contributed by atoms with van der Waals surface area (Å²) in [5.41, 5.74) is 0.270. The number of aromatic nitrogens is 1. The molecular formula is C22H19ClFN3O4. The molecule has 0 aliphatic carbocycles. The Hall–Kier alpha value is -3.52. The van der Waals surface area contributed by atoms with Gasteiger partial charge in [-0.15, -0.1) is 12.4 Å². The lowest BCUT2D eigenvalue weighted by Crippen LogP contribution is -2.44. The molecule has 1 saturated heterocycles. The summed E-state index contributed by atoms with van der Waals surface area (Å²) in [4.78, 5) is 48.7. The van der Waals surface area contributed by atoms with Gasteiger partial charge in [-0.05, 0) is 41.6 Å². The number of halogens is 2. The standard InChI is InChI=1S/C22H18FN3O4.ClH/c23-17-7-2-1-5-16(17)20(28)24-12-13-4-3-6-15-14(13)10-11-26(22(15)30)18-8-9-19(27)25-21(18)29;/h1-7,10-11,18H,8-9,12H2,(H,24,28)(H,25,27,29);1H. The highest BCUT2D eigenvalue weighted by atomic mass is 35.5. The van der Waals surface area contributed by atoms with Gasteiger partial charge in [-0.2, -0.15) is 0 Å². The summed E-state index contributed by atoms with van der Waals surface area (Å²) in [5, 5.41) is 5.93. The van der Waals surface area contributed by atoms with Crippen LogP contribution in [0.4, 0.5) is 4.39 Å². The van der Waals surface area contributed by atoms with Crippen LogP contribution in [0.1, 0.15) is 34.8 Å². The van der Waals surface area contributed by atoms with Crippen molar-refractivity contribution in [3.63, 3.8) is 0 Å². The second kappa shape index (κ2) is 9.09. The minimum Gasteiger partial charge on any atom is -0.348 e. The van der Waals surface area contributed by atoms with Crippen LogP contribution >= 0.6 is 12.4 Å². The number of piperidine rings is 1. The number of pyridine rings is 1. The number of fused-ring (bicyclic) bond motifs is 1. The number of benzene rings is 2. The Morgan fingerprint density at radius 2 is 1.84 bits per heavy atom. The minimum atomic E-state index is -0.746. The molecule has 0 saturated carbocycles. The van der Waals surface area contributed by atoms with Crippen LogP contribution in [-0.4, -0.2) is 22.3 Å². The van der Waals surface area contributed by atoms with E-state index in [1.165, 1.54) is 29.0 Å². The summed E-state index contributed by atoms with van der Waals surface area (Å²) in [5.74, 6) is -2.01. The van der Waals surface area contributed by atoms with E-state index in [0.717, 1.165) is 0 Å². The fraction of sp³-hybridized carbons (Fsp3) is 0.182. The van der Waals surface area contributed by atoms with Crippen LogP contribution in [0.3, 0.4) is 0 Å². The molecular weight excluding hydrogens is 425 g/mol. The van der Waals surface area contributed by atoms with E-state index in [0.29, 0.717) is 16.3 Å². The molecule has 9 heteroatoms. The highest BCUT2D eigenvalue weighted by Crippen LogP contribution is 2.21. The Kier molecular flexibility index (Phi) is 6.50. The van der Waals surface area contributed by atoms with Crippen molar-refractivity contribution < 1.29 is 18.8 Å². The summed E-state index contributed by atoms with van der Waals surface area (Å²) in [6.07, 6.45) is 1.95. The second-order valence-corrected chi connectivity index (χ2v) is 7.04. The molecule has 2 heterocycles. The number of hydrogen-bond acceptors (Lipinski definition) is 4. The lowest BCUT2D eigenvalue weighted by molar-refractivity contribution is -0.135. The van der Waals surface area contributed by atoms with Crippen molar-refractivity contribution in [2.75, 3.05) is 0 Å². The van der Waals surface area contributed by atoms with E-state index in [1.807, 2.05) is 0 Å². The van der Waals surface area contributed by atoms with Gasteiger partial charge in [0.05, 0.1) is 5.56 Å². The molecule has 1 aliphatic heterocycles. The molecule has 31 heavy (non-hydrogen) atoms. The molecule has 1 aromatic heterocycles. The summed E-state index contributed by atoms with van der Waals surface area (Å²) < 4.78 is 15.1. The number of nitrogens with one attached hydrogen (secondary N) is 2. The fourth-order valence-electron chi connectivity index (χ4n) is 3.62. The zero-order valence-corrected chi connectivity index (χ0v) is 17.1. The Bertz CT molecular complexity index is 1240. The van der Waals surface area contributed by atoms with Crippen LogP contribution < -0.4 is 16.2 Å². The molecule has 160 valence electrons. The maximum Gasteiger partial charge on any atom is 0.259 e. The van der Waals surface area contributed by atoms with Crippen molar-refractivity contribution in [1.29, 1.82) is 0 Å². The lowest BCUT2D eigenvalue weighted by atomic mass is 10.0. The molecule has 4 rings (SSSR count). The van der Waals surface area contributed by atoms with Gasteiger partial charge < -0.3 is 9.88 Å². The van der Waals surface area contributed by atoms with Gasteiger partial charge in [0, 0.05) is 24.5 Å². The van der Waals surface area contributed by atoms with Crippen molar-refractivity contribution in [2.45, 2.75) is 25.4 Å². The Morgan fingerprint density at radius 1 is 1.06 bits per heavy atom. The smallest absolute Gasteiger partial charge is 0.259 e. The summed E-state index contributed by atoms with van der Waals surface area (Å²) in [6, 6.07) is 11.7. The SMILES string of the molecule is Cl.O=C1CCC(n2ccc3c(CNC(=O)c4ccccc4F)cccc3c2=O)C(=O)N1. The van der Waals surface area contributed by atoms with Crippen molar-refractivity contribution in [1.82, 2.24) is 15.2 Å². The molecule has 1 atom stereocenters. The highest BCUT2D eigenvalue weighted by molar-refractivity contribution is 5.99. The number of imide groups is 1. The topological polar surface area (TPSA) is 97.3 Å². The Labute approximate surface area is 182 Å². The number of hydrogen-bond donors (Lipinski definition) is 2. The van der Waals surface area contributed by atoms with Gasteiger partial charge in [-0.25, -0.2) is 4.39 Å². The molecule has 2 N–H and O–H groups in total. The monoisotopic (exact) mass is 443 g/mol.